The van der Waals surface area contributed by atoms with Gasteiger partial charge in [-0.15, -0.1) is 0 Å². The summed E-state index contributed by atoms with van der Waals surface area (Å²) >= 11 is 0. The van der Waals surface area contributed by atoms with Crippen LogP contribution in [0.4, 0.5) is 0 Å². The second-order valence-electron chi connectivity index (χ2n) is 3.04. The van der Waals surface area contributed by atoms with Crippen LogP contribution in [0.15, 0.2) is 30.3 Å². The molecule has 0 aliphatic rings. The maximum Gasteiger partial charge on any atom is 0.338 e. The number of esters is 1. The number of benzene rings is 1. The first kappa shape index (κ1) is 12.0. The predicted octanol–water partition coefficient (Wildman–Crippen LogP) is 1.96. The van der Waals surface area contributed by atoms with Crippen LogP contribution in [0.3, 0.4) is 0 Å². The summed E-state index contributed by atoms with van der Waals surface area (Å²) in [6.07, 6.45) is 1.45. The summed E-state index contributed by atoms with van der Waals surface area (Å²) in [7, 11) is 1.26. The van der Waals surface area contributed by atoms with Crippen LogP contribution in [-0.2, 0) is 9.53 Å². The van der Waals surface area contributed by atoms with Gasteiger partial charge in [-0.25, -0.2) is 9.59 Å². The summed E-state index contributed by atoms with van der Waals surface area (Å²) < 4.78 is 4.59. The first-order chi connectivity index (χ1) is 7.61. The van der Waals surface area contributed by atoms with Gasteiger partial charge in [0.1, 0.15) is 0 Å². The zero-order valence-electron chi connectivity index (χ0n) is 9.06. The lowest BCUT2D eigenvalue weighted by Gasteiger charge is -2.07. The van der Waals surface area contributed by atoms with Crippen LogP contribution in [0.1, 0.15) is 22.8 Å². The Bertz CT molecular complexity index is 446. The van der Waals surface area contributed by atoms with Gasteiger partial charge in [-0.05, 0) is 13.0 Å². The van der Waals surface area contributed by atoms with Crippen molar-refractivity contribution in [2.24, 2.45) is 0 Å². The van der Waals surface area contributed by atoms with E-state index in [-0.39, 0.29) is 11.1 Å². The van der Waals surface area contributed by atoms with E-state index in [4.69, 9.17) is 5.11 Å². The quantitative estimate of drug-likeness (QED) is 0.624. The monoisotopic (exact) mass is 220 g/mol. The molecule has 1 rings (SSSR count). The molecular weight excluding hydrogens is 208 g/mol. The number of carbonyl (C=O) groups is 2. The summed E-state index contributed by atoms with van der Waals surface area (Å²) in [5.74, 6) is -1.62. The van der Waals surface area contributed by atoms with Gasteiger partial charge in [-0.2, -0.15) is 0 Å². The topological polar surface area (TPSA) is 63.6 Å². The molecule has 0 saturated heterocycles. The van der Waals surface area contributed by atoms with Crippen LogP contribution in [0.2, 0.25) is 0 Å². The van der Waals surface area contributed by atoms with Crippen molar-refractivity contribution in [1.82, 2.24) is 0 Å². The van der Waals surface area contributed by atoms with Crippen molar-refractivity contribution in [2.75, 3.05) is 7.11 Å². The van der Waals surface area contributed by atoms with Crippen LogP contribution in [-0.4, -0.2) is 24.2 Å². The van der Waals surface area contributed by atoms with E-state index in [1.54, 1.807) is 25.1 Å². The van der Waals surface area contributed by atoms with Gasteiger partial charge < -0.3 is 9.84 Å². The summed E-state index contributed by atoms with van der Waals surface area (Å²) in [6, 6.07) is 6.45. The second kappa shape index (κ2) is 5.11. The van der Waals surface area contributed by atoms with E-state index in [9.17, 15) is 9.59 Å². The Balaban J connectivity index is 3.33. The lowest BCUT2D eigenvalue weighted by Crippen LogP contribution is -2.08. The fourth-order valence-corrected chi connectivity index (χ4v) is 1.40. The molecule has 84 valence electrons. The molecule has 0 aliphatic carbocycles. The molecule has 0 aromatic heterocycles. The number of carboxylic acid groups (broad SMARTS) is 1. The minimum Gasteiger partial charge on any atom is -0.478 e. The standard InChI is InChI=1S/C12H12O4/c1-3-8(11(13)14)9-6-4-5-7-10(9)12(15)16-2/h3-7H,1-2H3,(H,13,14). The van der Waals surface area contributed by atoms with E-state index in [0.717, 1.165) is 0 Å². The van der Waals surface area contributed by atoms with Crippen LogP contribution in [0, 0.1) is 0 Å². The first-order valence-electron chi connectivity index (χ1n) is 4.69. The fraction of sp³-hybridized carbons (Fsp3) is 0.167. The molecule has 1 N–H and O–H groups in total. The number of aliphatic carboxylic acids is 1. The Labute approximate surface area is 93.2 Å². The number of allylic oxidation sites excluding steroid dienone is 1. The molecule has 0 unspecified atom stereocenters. The molecule has 4 nitrogen and oxygen atoms in total. The minimum atomic E-state index is -1.07. The van der Waals surface area contributed by atoms with E-state index in [2.05, 4.69) is 4.74 Å². The summed E-state index contributed by atoms with van der Waals surface area (Å²) in [5, 5.41) is 8.99. The van der Waals surface area contributed by atoms with Gasteiger partial charge in [0.15, 0.2) is 0 Å². The number of carbonyl (C=O) groups excluding carboxylic acids is 1. The Morgan fingerprint density at radius 1 is 1.25 bits per heavy atom. The molecular formula is C12H12O4. The fourth-order valence-electron chi connectivity index (χ4n) is 1.40. The Kier molecular flexibility index (Phi) is 3.83. The molecule has 16 heavy (non-hydrogen) atoms. The molecule has 0 aliphatic heterocycles. The van der Waals surface area contributed by atoms with Gasteiger partial charge in [0.25, 0.3) is 0 Å². The SMILES string of the molecule is CC=C(C(=O)O)c1ccccc1C(=O)OC. The number of methoxy groups -OCH3 is 1. The zero-order chi connectivity index (χ0) is 12.1. The number of hydrogen-bond acceptors (Lipinski definition) is 3. The Hall–Kier alpha value is -2.10. The highest BCUT2D eigenvalue weighted by Crippen LogP contribution is 2.20. The predicted molar refractivity (Wildman–Crippen MR) is 59.1 cm³/mol. The van der Waals surface area contributed by atoms with Crippen molar-refractivity contribution < 1.29 is 19.4 Å². The molecule has 0 radical (unpaired) electrons. The van der Waals surface area contributed by atoms with Crippen molar-refractivity contribution in [3.63, 3.8) is 0 Å². The molecule has 0 heterocycles. The van der Waals surface area contributed by atoms with Crippen LogP contribution in [0.25, 0.3) is 5.57 Å². The lowest BCUT2D eigenvalue weighted by atomic mass is 9.99. The van der Waals surface area contributed by atoms with Crippen LogP contribution in [0.5, 0.6) is 0 Å². The van der Waals surface area contributed by atoms with Gasteiger partial charge in [-0.3, -0.25) is 0 Å². The van der Waals surface area contributed by atoms with Crippen molar-refractivity contribution in [1.29, 1.82) is 0 Å². The highest BCUT2D eigenvalue weighted by Gasteiger charge is 2.17. The molecule has 0 fully saturated rings. The van der Waals surface area contributed by atoms with E-state index < -0.39 is 11.9 Å². The molecule has 0 atom stereocenters. The highest BCUT2D eigenvalue weighted by atomic mass is 16.5. The molecule has 4 heteroatoms. The average Bonchev–Trinajstić information content (AvgIpc) is 2.29. The van der Waals surface area contributed by atoms with Gasteiger partial charge in [0.2, 0.25) is 0 Å². The molecule has 1 aromatic rings. The van der Waals surface area contributed by atoms with E-state index in [1.165, 1.54) is 19.3 Å². The van der Waals surface area contributed by atoms with Crippen LogP contribution < -0.4 is 0 Å². The Morgan fingerprint density at radius 3 is 2.25 bits per heavy atom. The van der Waals surface area contributed by atoms with Crippen molar-refractivity contribution in [3.05, 3.63) is 41.5 Å². The highest BCUT2D eigenvalue weighted by molar-refractivity contribution is 6.17. The van der Waals surface area contributed by atoms with E-state index >= 15 is 0 Å². The molecule has 1 aromatic carbocycles. The smallest absolute Gasteiger partial charge is 0.338 e. The zero-order valence-corrected chi connectivity index (χ0v) is 9.06. The molecule has 0 spiro atoms. The number of hydrogen-bond donors (Lipinski definition) is 1. The maximum atomic E-state index is 11.4. The molecule has 0 saturated carbocycles. The Morgan fingerprint density at radius 2 is 1.81 bits per heavy atom. The third-order valence-electron chi connectivity index (χ3n) is 2.14. The summed E-state index contributed by atoms with van der Waals surface area (Å²) in [4.78, 5) is 22.4. The lowest BCUT2D eigenvalue weighted by molar-refractivity contribution is -0.130. The average molecular weight is 220 g/mol. The third kappa shape index (κ3) is 2.28. The first-order valence-corrected chi connectivity index (χ1v) is 4.69. The normalized spacial score (nSPS) is 11.0. The van der Waals surface area contributed by atoms with E-state index in [1.807, 2.05) is 0 Å². The van der Waals surface area contributed by atoms with E-state index in [0.29, 0.717) is 5.56 Å². The van der Waals surface area contributed by atoms with Gasteiger partial charge in [-0.1, -0.05) is 24.3 Å². The maximum absolute atomic E-state index is 11.4. The minimum absolute atomic E-state index is 0.0843. The van der Waals surface area contributed by atoms with Crippen LogP contribution >= 0.6 is 0 Å². The van der Waals surface area contributed by atoms with Crippen molar-refractivity contribution >= 4 is 17.5 Å². The molecule has 0 amide bonds. The largest absolute Gasteiger partial charge is 0.478 e. The number of carboxylic acids is 1. The second-order valence-corrected chi connectivity index (χ2v) is 3.04. The van der Waals surface area contributed by atoms with Crippen molar-refractivity contribution in [2.45, 2.75) is 6.92 Å². The van der Waals surface area contributed by atoms with Gasteiger partial charge >= 0.3 is 11.9 Å². The third-order valence-corrected chi connectivity index (χ3v) is 2.14. The van der Waals surface area contributed by atoms with Gasteiger partial charge in [0.05, 0.1) is 18.2 Å². The summed E-state index contributed by atoms with van der Waals surface area (Å²) in [6.45, 7) is 1.61. The number of rotatable bonds is 3. The van der Waals surface area contributed by atoms with Crippen molar-refractivity contribution in [3.8, 4) is 0 Å². The summed E-state index contributed by atoms with van der Waals surface area (Å²) in [5.41, 5.74) is 0.700. The molecule has 0 bridgehead atoms. The van der Waals surface area contributed by atoms with Gasteiger partial charge in [0, 0.05) is 5.56 Å². The number of ether oxygens (including phenoxy) is 1.